The maximum absolute atomic E-state index is 5.76. The third-order valence-electron chi connectivity index (χ3n) is 2.92. The Morgan fingerprint density at radius 2 is 2.33 bits per heavy atom. The molecule has 0 aliphatic heterocycles. The molecule has 0 saturated heterocycles. The molecule has 0 atom stereocenters. The van der Waals surface area contributed by atoms with E-state index in [9.17, 15) is 0 Å². The zero-order valence-corrected chi connectivity index (χ0v) is 9.35. The smallest absolute Gasteiger partial charge is 0.0614 e. The van der Waals surface area contributed by atoms with E-state index in [4.69, 9.17) is 17.3 Å². The summed E-state index contributed by atoms with van der Waals surface area (Å²) in [6.45, 7) is 3.66. The van der Waals surface area contributed by atoms with Crippen LogP contribution < -0.4 is 16.3 Å². The summed E-state index contributed by atoms with van der Waals surface area (Å²) in [7, 11) is 0. The molecule has 1 aliphatic rings. The van der Waals surface area contributed by atoms with Gasteiger partial charge in [-0.2, -0.15) is 0 Å². The molecule has 80 valence electrons. The standard InChI is InChI=1S/C12H15ClN2/c1-8(13)5-10-6-11(9-3-2-4-9)15-12(10)7-14/h5-7,9,15H,1-4,14H2/b10-5-,12-7+. The Morgan fingerprint density at radius 3 is 2.80 bits per heavy atom. The summed E-state index contributed by atoms with van der Waals surface area (Å²) in [4.78, 5) is 3.33. The molecule has 3 N–H and O–H groups in total. The van der Waals surface area contributed by atoms with Gasteiger partial charge < -0.3 is 10.7 Å². The normalized spacial score (nSPS) is 19.3. The molecule has 15 heavy (non-hydrogen) atoms. The van der Waals surface area contributed by atoms with Gasteiger partial charge in [-0.15, -0.1) is 0 Å². The summed E-state index contributed by atoms with van der Waals surface area (Å²) in [5, 5.41) is 2.48. The second kappa shape index (κ2) is 4.15. The predicted molar refractivity (Wildman–Crippen MR) is 64.7 cm³/mol. The van der Waals surface area contributed by atoms with Crippen LogP contribution in [0, 0.1) is 0 Å². The molecule has 2 rings (SSSR count). The van der Waals surface area contributed by atoms with Gasteiger partial charge in [0.2, 0.25) is 0 Å². The fraction of sp³-hybridized carbons (Fsp3) is 0.333. The van der Waals surface area contributed by atoms with Crippen molar-refractivity contribution in [3.63, 3.8) is 0 Å². The topological polar surface area (TPSA) is 41.8 Å². The van der Waals surface area contributed by atoms with E-state index in [2.05, 4.69) is 17.6 Å². The molecule has 0 amide bonds. The minimum atomic E-state index is 0.525. The average Bonchev–Trinajstić information content (AvgIpc) is 2.43. The third kappa shape index (κ3) is 2.10. The first-order chi connectivity index (χ1) is 7.20. The maximum atomic E-state index is 5.76. The molecule has 1 fully saturated rings. The van der Waals surface area contributed by atoms with Crippen molar-refractivity contribution in [3.8, 4) is 0 Å². The Bertz CT molecular complexity index is 480. The van der Waals surface area contributed by atoms with E-state index >= 15 is 0 Å². The van der Waals surface area contributed by atoms with Crippen molar-refractivity contribution in [2.45, 2.75) is 25.2 Å². The highest BCUT2D eigenvalue weighted by Gasteiger charge is 2.20. The molecule has 1 aliphatic carbocycles. The van der Waals surface area contributed by atoms with Crippen LogP contribution in [-0.2, 0) is 0 Å². The van der Waals surface area contributed by atoms with Crippen molar-refractivity contribution < 1.29 is 0 Å². The highest BCUT2D eigenvalue weighted by atomic mass is 35.5. The predicted octanol–water partition coefficient (Wildman–Crippen LogP) is 1.51. The number of halogens is 1. The van der Waals surface area contributed by atoms with Gasteiger partial charge in [-0.1, -0.05) is 24.6 Å². The zero-order valence-electron chi connectivity index (χ0n) is 8.59. The molecule has 0 spiro atoms. The average molecular weight is 223 g/mol. The molecular weight excluding hydrogens is 208 g/mol. The number of H-pyrrole nitrogens is 1. The van der Waals surface area contributed by atoms with Gasteiger partial charge in [0.1, 0.15) is 0 Å². The number of hydrogen-bond donors (Lipinski definition) is 2. The van der Waals surface area contributed by atoms with Crippen molar-refractivity contribution in [1.82, 2.24) is 4.98 Å². The largest absolute Gasteiger partial charge is 0.403 e. The molecule has 0 bridgehead atoms. The lowest BCUT2D eigenvalue weighted by atomic mass is 9.83. The van der Waals surface area contributed by atoms with E-state index in [1.165, 1.54) is 25.0 Å². The molecular formula is C12H15ClN2. The van der Waals surface area contributed by atoms with E-state index in [0.717, 1.165) is 10.6 Å². The van der Waals surface area contributed by atoms with E-state index in [1.807, 2.05) is 6.08 Å². The number of hydrogen-bond acceptors (Lipinski definition) is 1. The number of allylic oxidation sites excluding steroid dienone is 1. The van der Waals surface area contributed by atoms with Crippen LogP contribution in [0.3, 0.4) is 0 Å². The van der Waals surface area contributed by atoms with E-state index < -0.39 is 0 Å². The Morgan fingerprint density at radius 1 is 1.60 bits per heavy atom. The Balaban J connectivity index is 2.46. The summed E-state index contributed by atoms with van der Waals surface area (Å²) < 4.78 is 0. The van der Waals surface area contributed by atoms with Gasteiger partial charge >= 0.3 is 0 Å². The van der Waals surface area contributed by atoms with Crippen molar-refractivity contribution in [2.75, 3.05) is 0 Å². The van der Waals surface area contributed by atoms with Gasteiger partial charge in [0.05, 0.1) is 5.35 Å². The van der Waals surface area contributed by atoms with Gasteiger partial charge in [-0.05, 0) is 30.9 Å². The molecule has 0 aromatic carbocycles. The van der Waals surface area contributed by atoms with Gasteiger partial charge in [-0.3, -0.25) is 0 Å². The molecule has 1 saturated carbocycles. The highest BCUT2D eigenvalue weighted by molar-refractivity contribution is 6.33. The molecule has 1 heterocycles. The van der Waals surface area contributed by atoms with Crippen molar-refractivity contribution in [2.24, 2.45) is 5.73 Å². The molecule has 1 aromatic heterocycles. The summed E-state index contributed by atoms with van der Waals surface area (Å²) in [6.07, 6.45) is 7.27. The van der Waals surface area contributed by atoms with Crippen LogP contribution in [0.4, 0.5) is 0 Å². The van der Waals surface area contributed by atoms with Crippen molar-refractivity contribution >= 4 is 23.9 Å². The van der Waals surface area contributed by atoms with Crippen LogP contribution in [0.15, 0.2) is 17.7 Å². The highest BCUT2D eigenvalue weighted by Crippen LogP contribution is 2.34. The van der Waals surface area contributed by atoms with Crippen LogP contribution in [0.25, 0.3) is 12.3 Å². The van der Waals surface area contributed by atoms with Gasteiger partial charge in [0, 0.05) is 22.1 Å². The summed E-state index contributed by atoms with van der Waals surface area (Å²) in [5.41, 5.74) is 6.82. The first-order valence-corrected chi connectivity index (χ1v) is 5.55. The first-order valence-electron chi connectivity index (χ1n) is 5.17. The van der Waals surface area contributed by atoms with Crippen LogP contribution in [-0.4, -0.2) is 4.98 Å². The van der Waals surface area contributed by atoms with Crippen LogP contribution in [0.1, 0.15) is 30.9 Å². The number of nitrogens with two attached hydrogens (primary N) is 1. The fourth-order valence-electron chi connectivity index (χ4n) is 1.87. The van der Waals surface area contributed by atoms with E-state index in [0.29, 0.717) is 11.0 Å². The minimum Gasteiger partial charge on any atom is -0.403 e. The molecule has 0 unspecified atom stereocenters. The lowest BCUT2D eigenvalue weighted by Crippen LogP contribution is -2.23. The Labute approximate surface area is 94.1 Å². The van der Waals surface area contributed by atoms with Gasteiger partial charge in [-0.25, -0.2) is 0 Å². The van der Waals surface area contributed by atoms with Crippen LogP contribution >= 0.6 is 11.6 Å². The van der Waals surface area contributed by atoms with Crippen molar-refractivity contribution in [3.05, 3.63) is 33.9 Å². The van der Waals surface area contributed by atoms with E-state index in [1.54, 1.807) is 6.20 Å². The first kappa shape index (κ1) is 10.4. The van der Waals surface area contributed by atoms with Crippen molar-refractivity contribution in [1.29, 1.82) is 0 Å². The maximum Gasteiger partial charge on any atom is 0.0614 e. The number of aromatic amines is 1. The molecule has 3 heteroatoms. The second-order valence-corrected chi connectivity index (χ2v) is 4.46. The number of rotatable bonds is 2. The Kier molecular flexibility index (Phi) is 2.87. The lowest BCUT2D eigenvalue weighted by Gasteiger charge is -2.23. The summed E-state index contributed by atoms with van der Waals surface area (Å²) in [5.74, 6) is 0.675. The number of aromatic nitrogens is 1. The third-order valence-corrected chi connectivity index (χ3v) is 3.03. The van der Waals surface area contributed by atoms with Gasteiger partial charge in [0.25, 0.3) is 0 Å². The second-order valence-electron chi connectivity index (χ2n) is 3.98. The van der Waals surface area contributed by atoms with Crippen LogP contribution in [0.2, 0.25) is 0 Å². The molecule has 0 radical (unpaired) electrons. The van der Waals surface area contributed by atoms with E-state index in [-0.39, 0.29) is 0 Å². The SMILES string of the molecule is C=C(Cl)/C=c1/cc(C2CCC2)[nH]/c1=C/N. The Hall–Kier alpha value is -1.15. The van der Waals surface area contributed by atoms with Crippen LogP contribution in [0.5, 0.6) is 0 Å². The molecule has 1 aromatic rings. The van der Waals surface area contributed by atoms with Gasteiger partial charge in [0.15, 0.2) is 0 Å². The quantitative estimate of drug-likeness (QED) is 0.783. The minimum absolute atomic E-state index is 0.525. The fourth-order valence-corrected chi connectivity index (χ4v) is 1.99. The molecule has 2 nitrogen and oxygen atoms in total. The number of nitrogens with one attached hydrogen (secondary N) is 1. The zero-order chi connectivity index (χ0) is 10.8. The summed E-state index contributed by atoms with van der Waals surface area (Å²) >= 11 is 5.76. The lowest BCUT2D eigenvalue weighted by molar-refractivity contribution is 0.412. The summed E-state index contributed by atoms with van der Waals surface area (Å²) in [6, 6.07) is 2.12. The monoisotopic (exact) mass is 222 g/mol.